The van der Waals surface area contributed by atoms with Crippen molar-refractivity contribution in [2.75, 3.05) is 5.32 Å². The van der Waals surface area contributed by atoms with E-state index in [1.54, 1.807) is 0 Å². The van der Waals surface area contributed by atoms with Gasteiger partial charge in [-0.3, -0.25) is 14.4 Å². The van der Waals surface area contributed by atoms with Gasteiger partial charge in [0, 0.05) is 10.9 Å². The molecule has 0 aliphatic heterocycles. The Hall–Kier alpha value is -2.15. The number of amides is 2. The van der Waals surface area contributed by atoms with E-state index in [4.69, 9.17) is 0 Å². The first-order chi connectivity index (χ1) is 14.9. The summed E-state index contributed by atoms with van der Waals surface area (Å²) in [6, 6.07) is 0.197. The van der Waals surface area contributed by atoms with Crippen molar-refractivity contribution in [2.24, 2.45) is 17.8 Å². The van der Waals surface area contributed by atoms with Crippen LogP contribution in [0.25, 0.3) is 0 Å². The number of carboxylic acids is 1. The van der Waals surface area contributed by atoms with E-state index in [0.29, 0.717) is 29.3 Å². The Bertz CT molecular complexity index is 884. The molecule has 31 heavy (non-hydrogen) atoms. The number of anilines is 1. The van der Waals surface area contributed by atoms with Gasteiger partial charge in [0.2, 0.25) is 5.91 Å². The molecule has 0 saturated heterocycles. The van der Waals surface area contributed by atoms with Crippen LogP contribution in [0.4, 0.5) is 5.00 Å². The Morgan fingerprint density at radius 3 is 2.45 bits per heavy atom. The highest BCUT2D eigenvalue weighted by Crippen LogP contribution is 2.40. The summed E-state index contributed by atoms with van der Waals surface area (Å²) in [5.74, 6) is -2.11. The number of fused-ring (bicyclic) bond motifs is 1. The Morgan fingerprint density at radius 1 is 1.03 bits per heavy atom. The molecule has 1 aromatic rings. The molecule has 1 fully saturated rings. The van der Waals surface area contributed by atoms with Gasteiger partial charge in [0.05, 0.1) is 17.4 Å². The van der Waals surface area contributed by atoms with E-state index in [1.165, 1.54) is 22.6 Å². The minimum atomic E-state index is -0.945. The Labute approximate surface area is 187 Å². The molecule has 0 unspecified atom stereocenters. The normalized spacial score (nSPS) is 26.2. The van der Waals surface area contributed by atoms with E-state index in [2.05, 4.69) is 17.6 Å². The molecule has 168 valence electrons. The molecular formula is C24H32N2O4S. The third-order valence-electron chi connectivity index (χ3n) is 7.00. The topological polar surface area (TPSA) is 95.5 Å². The predicted octanol–water partition coefficient (Wildman–Crippen LogP) is 4.54. The second-order valence-corrected chi connectivity index (χ2v) is 10.5. The zero-order valence-electron chi connectivity index (χ0n) is 18.1. The van der Waals surface area contributed by atoms with Crippen LogP contribution < -0.4 is 10.6 Å². The standard InChI is InChI=1S/C24H32N2O4S/c1-14-11-12-18-19(13-14)31-23(20(18)22(28)25-15-7-3-2-4-8-15)26-21(27)16-9-5-6-10-17(16)24(29)30/h5-6,14-17H,2-4,7-13H2,1H3,(H,25,28)(H,26,27)(H,29,30)/t14-,16-,17-/m1/s1. The van der Waals surface area contributed by atoms with Crippen LogP contribution in [0.15, 0.2) is 12.2 Å². The molecule has 3 aliphatic carbocycles. The summed E-state index contributed by atoms with van der Waals surface area (Å²) >= 11 is 1.50. The van der Waals surface area contributed by atoms with Crippen LogP contribution in [0, 0.1) is 17.8 Å². The SMILES string of the molecule is C[C@@H]1CCc2c(sc(NC(=O)[C@@H]3CC=CC[C@H]3C(=O)O)c2C(=O)NC2CCCCC2)C1. The molecule has 3 aliphatic rings. The average Bonchev–Trinajstić information content (AvgIpc) is 3.11. The van der Waals surface area contributed by atoms with E-state index in [0.717, 1.165) is 50.5 Å². The summed E-state index contributed by atoms with van der Waals surface area (Å²) in [6.07, 6.45) is 12.8. The largest absolute Gasteiger partial charge is 0.481 e. The molecule has 7 heteroatoms. The fourth-order valence-corrected chi connectivity index (χ4v) is 6.58. The summed E-state index contributed by atoms with van der Waals surface area (Å²) in [6.45, 7) is 2.22. The third kappa shape index (κ3) is 4.86. The van der Waals surface area contributed by atoms with Crippen LogP contribution in [-0.2, 0) is 22.4 Å². The van der Waals surface area contributed by atoms with E-state index in [9.17, 15) is 19.5 Å². The van der Waals surface area contributed by atoms with Crippen molar-refractivity contribution in [3.63, 3.8) is 0 Å². The summed E-state index contributed by atoms with van der Waals surface area (Å²) in [4.78, 5) is 39.2. The lowest BCUT2D eigenvalue weighted by Gasteiger charge is -2.25. The van der Waals surface area contributed by atoms with Gasteiger partial charge in [0.1, 0.15) is 5.00 Å². The highest BCUT2D eigenvalue weighted by atomic mass is 32.1. The maximum absolute atomic E-state index is 13.3. The number of rotatable bonds is 5. The van der Waals surface area contributed by atoms with Gasteiger partial charge in [0.25, 0.3) is 5.91 Å². The van der Waals surface area contributed by atoms with Gasteiger partial charge in [-0.15, -0.1) is 11.3 Å². The van der Waals surface area contributed by atoms with Crippen molar-refractivity contribution in [3.05, 3.63) is 28.2 Å². The summed E-state index contributed by atoms with van der Waals surface area (Å²) in [5, 5.41) is 16.3. The lowest BCUT2D eigenvalue weighted by Crippen LogP contribution is -2.38. The number of thiophene rings is 1. The highest BCUT2D eigenvalue weighted by molar-refractivity contribution is 7.17. The molecule has 0 spiro atoms. The fraction of sp³-hybridized carbons (Fsp3) is 0.625. The monoisotopic (exact) mass is 444 g/mol. The van der Waals surface area contributed by atoms with Gasteiger partial charge < -0.3 is 15.7 Å². The molecule has 4 rings (SSSR count). The van der Waals surface area contributed by atoms with Crippen molar-refractivity contribution in [1.82, 2.24) is 5.32 Å². The fourth-order valence-electron chi connectivity index (χ4n) is 5.17. The number of carbonyl (C=O) groups is 3. The van der Waals surface area contributed by atoms with Crippen LogP contribution in [0.3, 0.4) is 0 Å². The second-order valence-electron chi connectivity index (χ2n) is 9.35. The molecule has 1 aromatic heterocycles. The number of hydrogen-bond acceptors (Lipinski definition) is 4. The van der Waals surface area contributed by atoms with Crippen LogP contribution in [0.5, 0.6) is 0 Å². The first-order valence-electron chi connectivity index (χ1n) is 11.6. The Balaban J connectivity index is 1.59. The van der Waals surface area contributed by atoms with E-state index < -0.39 is 17.8 Å². The molecule has 2 amide bonds. The van der Waals surface area contributed by atoms with Gasteiger partial charge in [-0.2, -0.15) is 0 Å². The number of nitrogens with one attached hydrogen (secondary N) is 2. The van der Waals surface area contributed by atoms with Crippen molar-refractivity contribution >= 4 is 34.1 Å². The molecule has 0 bridgehead atoms. The van der Waals surface area contributed by atoms with Gasteiger partial charge in [-0.25, -0.2) is 0 Å². The van der Waals surface area contributed by atoms with E-state index >= 15 is 0 Å². The molecule has 3 atom stereocenters. The molecular weight excluding hydrogens is 412 g/mol. The second kappa shape index (κ2) is 9.55. The van der Waals surface area contributed by atoms with Crippen LogP contribution in [-0.4, -0.2) is 28.9 Å². The summed E-state index contributed by atoms with van der Waals surface area (Å²) in [7, 11) is 0. The quantitative estimate of drug-likeness (QED) is 0.581. The lowest BCUT2D eigenvalue weighted by atomic mass is 9.82. The summed E-state index contributed by atoms with van der Waals surface area (Å²) in [5.41, 5.74) is 1.69. The third-order valence-corrected chi connectivity index (χ3v) is 8.17. The number of carboxylic acid groups (broad SMARTS) is 1. The van der Waals surface area contributed by atoms with Crippen molar-refractivity contribution in [3.8, 4) is 0 Å². The van der Waals surface area contributed by atoms with Crippen LogP contribution in [0.1, 0.15) is 79.1 Å². The highest BCUT2D eigenvalue weighted by Gasteiger charge is 2.36. The molecule has 0 radical (unpaired) electrons. The maximum Gasteiger partial charge on any atom is 0.307 e. The number of hydrogen-bond donors (Lipinski definition) is 3. The molecule has 0 aromatic carbocycles. The molecule has 3 N–H and O–H groups in total. The minimum absolute atomic E-state index is 0.0902. The number of carbonyl (C=O) groups excluding carboxylic acids is 2. The first-order valence-corrected chi connectivity index (χ1v) is 12.4. The van der Waals surface area contributed by atoms with Gasteiger partial charge in [-0.1, -0.05) is 38.3 Å². The smallest absolute Gasteiger partial charge is 0.307 e. The summed E-state index contributed by atoms with van der Waals surface area (Å²) < 4.78 is 0. The van der Waals surface area contributed by atoms with Crippen molar-refractivity contribution in [2.45, 2.75) is 77.2 Å². The first kappa shape index (κ1) is 22.1. The van der Waals surface area contributed by atoms with Crippen molar-refractivity contribution in [1.29, 1.82) is 0 Å². The van der Waals surface area contributed by atoms with Crippen molar-refractivity contribution < 1.29 is 19.5 Å². The number of aliphatic carboxylic acids is 1. The zero-order valence-corrected chi connectivity index (χ0v) is 18.9. The molecule has 1 heterocycles. The van der Waals surface area contributed by atoms with Gasteiger partial charge in [0.15, 0.2) is 0 Å². The maximum atomic E-state index is 13.3. The van der Waals surface area contributed by atoms with E-state index in [-0.39, 0.29) is 17.9 Å². The van der Waals surface area contributed by atoms with Crippen LogP contribution in [0.2, 0.25) is 0 Å². The molecule has 6 nitrogen and oxygen atoms in total. The van der Waals surface area contributed by atoms with E-state index in [1.807, 2.05) is 12.2 Å². The number of allylic oxidation sites excluding steroid dienone is 2. The Kier molecular flexibility index (Phi) is 6.80. The average molecular weight is 445 g/mol. The van der Waals surface area contributed by atoms with Crippen LogP contribution >= 0.6 is 11.3 Å². The Morgan fingerprint density at radius 2 is 1.74 bits per heavy atom. The molecule has 1 saturated carbocycles. The van der Waals surface area contributed by atoms with Gasteiger partial charge in [-0.05, 0) is 56.4 Å². The predicted molar refractivity (Wildman–Crippen MR) is 121 cm³/mol. The lowest BCUT2D eigenvalue weighted by molar-refractivity contribution is -0.146. The van der Waals surface area contributed by atoms with Gasteiger partial charge >= 0.3 is 5.97 Å². The zero-order chi connectivity index (χ0) is 22.0. The minimum Gasteiger partial charge on any atom is -0.481 e.